The number of amides is 3. The molecule has 0 saturated carbocycles. The zero-order chi connectivity index (χ0) is 21.3. The van der Waals surface area contributed by atoms with Crippen molar-refractivity contribution in [3.63, 3.8) is 0 Å². The summed E-state index contributed by atoms with van der Waals surface area (Å²) in [6.45, 7) is 7.35. The summed E-state index contributed by atoms with van der Waals surface area (Å²) >= 11 is 1.25. The van der Waals surface area contributed by atoms with Crippen LogP contribution >= 0.6 is 11.8 Å². The number of nitrogens with one attached hydrogen (secondary N) is 2. The maximum absolute atomic E-state index is 12.2. The number of urea groups is 1. The standard InChI is InChI=1S/C20H28N6O3S/c1-3-4-9-21-18(28)22-17(27)14-30-20-24-23-19(25-10-12-29-13-11-25)26(20)16-8-6-5-7-15(16)2/h5-8H,3-4,9-14H2,1-2H3,(H2,21,22,27,28). The molecule has 30 heavy (non-hydrogen) atoms. The Hall–Kier alpha value is -2.59. The van der Waals surface area contributed by atoms with Crippen LogP contribution in [0, 0.1) is 6.92 Å². The molecule has 1 fully saturated rings. The molecule has 0 aliphatic carbocycles. The van der Waals surface area contributed by atoms with Crippen LogP contribution in [0.2, 0.25) is 0 Å². The van der Waals surface area contributed by atoms with Gasteiger partial charge in [0.1, 0.15) is 0 Å². The first kappa shape index (κ1) is 22.1. The smallest absolute Gasteiger partial charge is 0.321 e. The molecule has 0 atom stereocenters. The maximum Gasteiger partial charge on any atom is 0.321 e. The summed E-state index contributed by atoms with van der Waals surface area (Å²) in [5.41, 5.74) is 2.04. The van der Waals surface area contributed by atoms with Crippen LogP contribution in [-0.2, 0) is 9.53 Å². The highest BCUT2D eigenvalue weighted by Gasteiger charge is 2.23. The predicted octanol–water partition coefficient (Wildman–Crippen LogP) is 2.13. The molecule has 0 spiro atoms. The number of imide groups is 1. The summed E-state index contributed by atoms with van der Waals surface area (Å²) in [6.07, 6.45) is 1.85. The molecule has 3 rings (SSSR count). The minimum atomic E-state index is -0.469. The van der Waals surface area contributed by atoms with Crippen LogP contribution in [0.5, 0.6) is 0 Å². The molecule has 1 aromatic heterocycles. The molecule has 2 N–H and O–H groups in total. The van der Waals surface area contributed by atoms with E-state index in [0.29, 0.717) is 24.9 Å². The Bertz CT molecular complexity index is 866. The van der Waals surface area contributed by atoms with Crippen LogP contribution in [0.4, 0.5) is 10.7 Å². The average Bonchev–Trinajstić information content (AvgIpc) is 3.17. The van der Waals surface area contributed by atoms with Gasteiger partial charge in [-0.15, -0.1) is 10.2 Å². The fourth-order valence-electron chi connectivity index (χ4n) is 3.06. The van der Waals surface area contributed by atoms with Crippen LogP contribution in [0.3, 0.4) is 0 Å². The van der Waals surface area contributed by atoms with Crippen molar-refractivity contribution < 1.29 is 14.3 Å². The number of aromatic nitrogens is 3. The van der Waals surface area contributed by atoms with Crippen LogP contribution in [0.25, 0.3) is 5.69 Å². The second-order valence-corrected chi connectivity index (χ2v) is 7.89. The number of hydrogen-bond acceptors (Lipinski definition) is 7. The summed E-state index contributed by atoms with van der Waals surface area (Å²) in [6, 6.07) is 7.51. The molecule has 1 aromatic carbocycles. The number of carbonyl (C=O) groups is 2. The summed E-state index contributed by atoms with van der Waals surface area (Å²) in [4.78, 5) is 26.1. The lowest BCUT2D eigenvalue weighted by Gasteiger charge is -2.28. The minimum absolute atomic E-state index is 0.0638. The van der Waals surface area contributed by atoms with Gasteiger partial charge in [-0.05, 0) is 25.0 Å². The van der Waals surface area contributed by atoms with Gasteiger partial charge in [-0.3, -0.25) is 14.7 Å². The number of hydrogen-bond donors (Lipinski definition) is 2. The van der Waals surface area contributed by atoms with Crippen LogP contribution in [0.1, 0.15) is 25.3 Å². The number of nitrogens with zero attached hydrogens (tertiary/aromatic N) is 4. The van der Waals surface area contributed by atoms with E-state index in [2.05, 4.69) is 25.7 Å². The number of ether oxygens (including phenoxy) is 1. The molecule has 1 saturated heterocycles. The fraction of sp³-hybridized carbons (Fsp3) is 0.500. The lowest BCUT2D eigenvalue weighted by Crippen LogP contribution is -2.40. The molecule has 1 aliphatic heterocycles. The summed E-state index contributed by atoms with van der Waals surface area (Å²) in [7, 11) is 0. The third-order valence-electron chi connectivity index (χ3n) is 4.67. The van der Waals surface area contributed by atoms with E-state index in [1.807, 2.05) is 42.7 Å². The molecule has 1 aliphatic rings. The second-order valence-electron chi connectivity index (χ2n) is 6.95. The van der Waals surface area contributed by atoms with Gasteiger partial charge >= 0.3 is 6.03 Å². The van der Waals surface area contributed by atoms with Crippen molar-refractivity contribution >= 4 is 29.6 Å². The molecule has 9 nitrogen and oxygen atoms in total. The van der Waals surface area contributed by atoms with Gasteiger partial charge in [0.15, 0.2) is 5.16 Å². The van der Waals surface area contributed by atoms with E-state index in [4.69, 9.17) is 4.74 Å². The third-order valence-corrected chi connectivity index (χ3v) is 5.60. The van der Waals surface area contributed by atoms with E-state index in [0.717, 1.165) is 43.1 Å². The number of anilines is 1. The maximum atomic E-state index is 12.2. The molecule has 0 radical (unpaired) electrons. The van der Waals surface area contributed by atoms with Gasteiger partial charge in [0.2, 0.25) is 11.9 Å². The number of rotatable bonds is 8. The minimum Gasteiger partial charge on any atom is -0.378 e. The molecular weight excluding hydrogens is 404 g/mol. The molecule has 2 aromatic rings. The van der Waals surface area contributed by atoms with E-state index in [9.17, 15) is 9.59 Å². The van der Waals surface area contributed by atoms with E-state index in [1.54, 1.807) is 0 Å². The molecule has 3 amide bonds. The number of morpholine rings is 1. The van der Waals surface area contributed by atoms with Gasteiger partial charge in [-0.2, -0.15) is 0 Å². The second kappa shape index (κ2) is 11.0. The van der Waals surface area contributed by atoms with Crippen molar-refractivity contribution in [2.75, 3.05) is 43.5 Å². The Morgan fingerprint density at radius 2 is 1.97 bits per heavy atom. The average molecular weight is 433 g/mol. The first-order chi connectivity index (χ1) is 14.6. The summed E-state index contributed by atoms with van der Waals surface area (Å²) in [5, 5.41) is 14.4. The van der Waals surface area contributed by atoms with Gasteiger partial charge in [0, 0.05) is 19.6 Å². The van der Waals surface area contributed by atoms with Gasteiger partial charge in [-0.1, -0.05) is 43.3 Å². The molecule has 0 unspecified atom stereocenters. The largest absolute Gasteiger partial charge is 0.378 e. The lowest BCUT2D eigenvalue weighted by molar-refractivity contribution is -0.117. The van der Waals surface area contributed by atoms with Crippen molar-refractivity contribution in [1.29, 1.82) is 0 Å². The highest BCUT2D eigenvalue weighted by atomic mass is 32.2. The zero-order valence-corrected chi connectivity index (χ0v) is 18.2. The quantitative estimate of drug-likeness (QED) is 0.487. The van der Waals surface area contributed by atoms with Crippen LogP contribution in [-0.4, -0.2) is 65.3 Å². The van der Waals surface area contributed by atoms with Crippen molar-refractivity contribution in [2.45, 2.75) is 31.8 Å². The molecule has 0 bridgehead atoms. The monoisotopic (exact) mass is 432 g/mol. The van der Waals surface area contributed by atoms with Gasteiger partial charge in [0.05, 0.1) is 24.7 Å². The zero-order valence-electron chi connectivity index (χ0n) is 17.4. The Kier molecular flexibility index (Phi) is 8.09. The summed E-state index contributed by atoms with van der Waals surface area (Å²) < 4.78 is 7.43. The van der Waals surface area contributed by atoms with Crippen molar-refractivity contribution in [2.24, 2.45) is 0 Å². The Morgan fingerprint density at radius 3 is 2.70 bits per heavy atom. The Labute approximate surface area is 180 Å². The third kappa shape index (κ3) is 5.73. The van der Waals surface area contributed by atoms with E-state index < -0.39 is 6.03 Å². The van der Waals surface area contributed by atoms with Crippen LogP contribution < -0.4 is 15.5 Å². The topological polar surface area (TPSA) is 101 Å². The Balaban J connectivity index is 1.73. The first-order valence-electron chi connectivity index (χ1n) is 10.1. The van der Waals surface area contributed by atoms with Crippen molar-refractivity contribution in [1.82, 2.24) is 25.4 Å². The molecule has 10 heteroatoms. The SMILES string of the molecule is CCCCNC(=O)NC(=O)CSc1nnc(N2CCOCC2)n1-c1ccccc1C. The molecule has 162 valence electrons. The first-order valence-corrected chi connectivity index (χ1v) is 11.1. The number of thioether (sulfide) groups is 1. The van der Waals surface area contributed by atoms with E-state index >= 15 is 0 Å². The number of aryl methyl sites for hydroxylation is 1. The number of unbranched alkanes of at least 4 members (excludes halogenated alkanes) is 1. The molecular formula is C20H28N6O3S. The number of para-hydroxylation sites is 1. The summed E-state index contributed by atoms with van der Waals surface area (Å²) in [5.74, 6) is 0.419. The molecule has 2 heterocycles. The highest BCUT2D eigenvalue weighted by molar-refractivity contribution is 7.99. The van der Waals surface area contributed by atoms with Gasteiger partial charge in [0.25, 0.3) is 0 Å². The van der Waals surface area contributed by atoms with E-state index in [-0.39, 0.29) is 11.7 Å². The highest BCUT2D eigenvalue weighted by Crippen LogP contribution is 2.28. The van der Waals surface area contributed by atoms with Crippen LogP contribution in [0.15, 0.2) is 29.4 Å². The lowest BCUT2D eigenvalue weighted by atomic mass is 10.2. The number of carbonyl (C=O) groups excluding carboxylic acids is 2. The predicted molar refractivity (Wildman–Crippen MR) is 116 cm³/mol. The van der Waals surface area contributed by atoms with E-state index in [1.165, 1.54) is 11.8 Å². The number of benzene rings is 1. The Morgan fingerprint density at radius 1 is 1.20 bits per heavy atom. The van der Waals surface area contributed by atoms with Crippen molar-refractivity contribution in [3.05, 3.63) is 29.8 Å². The van der Waals surface area contributed by atoms with Crippen molar-refractivity contribution in [3.8, 4) is 5.69 Å². The normalized spacial score (nSPS) is 13.9. The van der Waals surface area contributed by atoms with Gasteiger partial charge in [-0.25, -0.2) is 4.79 Å². The van der Waals surface area contributed by atoms with Gasteiger partial charge < -0.3 is 15.0 Å². The fourth-order valence-corrected chi connectivity index (χ4v) is 3.80.